The number of hydrogen-bond donors (Lipinski definition) is 1. The molecule has 0 aromatic heterocycles. The molecule has 2 heterocycles. The average Bonchev–Trinajstić information content (AvgIpc) is 2.77. The van der Waals surface area contributed by atoms with Gasteiger partial charge in [0, 0.05) is 12.1 Å². The Bertz CT molecular complexity index is 563. The normalized spacial score (nSPS) is 30.8. The predicted molar refractivity (Wildman–Crippen MR) is 75.9 cm³/mol. The first-order valence-electron chi connectivity index (χ1n) is 7.13. The van der Waals surface area contributed by atoms with E-state index in [0.717, 1.165) is 18.0 Å². The quantitative estimate of drug-likeness (QED) is 0.794. The van der Waals surface area contributed by atoms with Crippen molar-refractivity contribution < 1.29 is 0 Å². The van der Waals surface area contributed by atoms with Gasteiger partial charge in [0.15, 0.2) is 0 Å². The lowest BCUT2D eigenvalue weighted by molar-refractivity contribution is 0.363. The molecule has 1 N–H and O–H groups in total. The van der Waals surface area contributed by atoms with Gasteiger partial charge in [-0.15, -0.1) is 0 Å². The second kappa shape index (κ2) is 4.10. The van der Waals surface area contributed by atoms with Gasteiger partial charge in [-0.1, -0.05) is 42.5 Å². The minimum atomic E-state index is 0.772. The van der Waals surface area contributed by atoms with Gasteiger partial charge >= 0.3 is 0 Å². The van der Waals surface area contributed by atoms with Crippen molar-refractivity contribution in [3.8, 4) is 0 Å². The minimum absolute atomic E-state index is 0.772. The summed E-state index contributed by atoms with van der Waals surface area (Å²) in [6.45, 7) is 0. The van der Waals surface area contributed by atoms with Crippen molar-refractivity contribution in [2.45, 2.75) is 43.7 Å². The van der Waals surface area contributed by atoms with Crippen LogP contribution in [0.15, 0.2) is 42.5 Å². The van der Waals surface area contributed by atoms with E-state index >= 15 is 0 Å². The van der Waals surface area contributed by atoms with Gasteiger partial charge in [0.25, 0.3) is 0 Å². The first-order chi connectivity index (χ1) is 8.88. The molecule has 2 saturated heterocycles. The van der Waals surface area contributed by atoms with Crippen LogP contribution < -0.4 is 5.32 Å². The minimum Gasteiger partial charge on any atom is -0.311 e. The Morgan fingerprint density at radius 3 is 2.33 bits per heavy atom. The van der Waals surface area contributed by atoms with Crippen molar-refractivity contribution >= 4 is 10.8 Å². The Labute approximate surface area is 108 Å². The molecule has 2 atom stereocenters. The van der Waals surface area contributed by atoms with Gasteiger partial charge in [0.05, 0.1) is 0 Å². The van der Waals surface area contributed by atoms with Crippen LogP contribution in [0.4, 0.5) is 0 Å². The van der Waals surface area contributed by atoms with Crippen LogP contribution in [-0.4, -0.2) is 12.1 Å². The molecule has 0 spiro atoms. The van der Waals surface area contributed by atoms with E-state index in [4.69, 9.17) is 0 Å². The van der Waals surface area contributed by atoms with Crippen molar-refractivity contribution in [2.24, 2.45) is 0 Å². The zero-order valence-electron chi connectivity index (χ0n) is 10.6. The van der Waals surface area contributed by atoms with Gasteiger partial charge < -0.3 is 5.32 Å². The van der Waals surface area contributed by atoms with E-state index in [1.165, 1.54) is 36.5 Å². The van der Waals surface area contributed by atoms with E-state index in [2.05, 4.69) is 47.8 Å². The molecule has 1 nitrogen and oxygen atoms in total. The third-order valence-corrected chi connectivity index (χ3v) is 4.72. The first kappa shape index (κ1) is 10.6. The molecule has 2 aliphatic rings. The first-order valence-corrected chi connectivity index (χ1v) is 7.13. The van der Waals surface area contributed by atoms with E-state index in [-0.39, 0.29) is 0 Å². The third-order valence-electron chi connectivity index (χ3n) is 4.72. The van der Waals surface area contributed by atoms with Gasteiger partial charge in [-0.2, -0.15) is 0 Å². The van der Waals surface area contributed by atoms with Gasteiger partial charge in [-0.3, -0.25) is 0 Å². The summed E-state index contributed by atoms with van der Waals surface area (Å²) >= 11 is 0. The molecular formula is C17H19N. The molecule has 4 rings (SSSR count). The molecule has 0 amide bonds. The Morgan fingerprint density at radius 1 is 0.833 bits per heavy atom. The molecule has 18 heavy (non-hydrogen) atoms. The molecule has 1 heteroatoms. The fourth-order valence-corrected chi connectivity index (χ4v) is 3.79. The molecule has 2 aliphatic heterocycles. The van der Waals surface area contributed by atoms with Gasteiger partial charge in [-0.05, 0) is 47.9 Å². The maximum absolute atomic E-state index is 3.73. The van der Waals surface area contributed by atoms with Gasteiger partial charge in [0.2, 0.25) is 0 Å². The van der Waals surface area contributed by atoms with Crippen LogP contribution in [0.5, 0.6) is 0 Å². The number of benzene rings is 2. The highest BCUT2D eigenvalue weighted by atomic mass is 15.0. The second-order valence-corrected chi connectivity index (χ2v) is 5.91. The van der Waals surface area contributed by atoms with Gasteiger partial charge in [0.1, 0.15) is 0 Å². The Kier molecular flexibility index (Phi) is 2.41. The fraction of sp³-hybridized carbons (Fsp3) is 0.412. The van der Waals surface area contributed by atoms with Crippen LogP contribution in [0, 0.1) is 0 Å². The Hall–Kier alpha value is -1.34. The Balaban J connectivity index is 1.70. The zero-order valence-corrected chi connectivity index (χ0v) is 10.6. The Morgan fingerprint density at radius 2 is 1.56 bits per heavy atom. The number of piperidine rings is 1. The summed E-state index contributed by atoms with van der Waals surface area (Å²) < 4.78 is 0. The lowest BCUT2D eigenvalue weighted by Gasteiger charge is -2.29. The molecule has 2 bridgehead atoms. The average molecular weight is 237 g/mol. The lowest BCUT2D eigenvalue weighted by Crippen LogP contribution is -2.37. The van der Waals surface area contributed by atoms with Crippen LogP contribution >= 0.6 is 0 Å². The van der Waals surface area contributed by atoms with Crippen molar-refractivity contribution in [1.82, 2.24) is 5.32 Å². The van der Waals surface area contributed by atoms with Crippen LogP contribution in [0.1, 0.15) is 37.2 Å². The van der Waals surface area contributed by atoms with Crippen LogP contribution in [-0.2, 0) is 0 Å². The van der Waals surface area contributed by atoms with Crippen LogP contribution in [0.3, 0.4) is 0 Å². The maximum atomic E-state index is 3.73. The highest BCUT2D eigenvalue weighted by Crippen LogP contribution is 2.37. The van der Waals surface area contributed by atoms with E-state index in [0.29, 0.717) is 0 Å². The molecule has 92 valence electrons. The maximum Gasteiger partial charge on any atom is 0.00760 e. The van der Waals surface area contributed by atoms with Gasteiger partial charge in [-0.25, -0.2) is 0 Å². The molecule has 0 aliphatic carbocycles. The van der Waals surface area contributed by atoms with Crippen molar-refractivity contribution in [2.75, 3.05) is 0 Å². The molecule has 2 aromatic rings. The molecular weight excluding hydrogens is 218 g/mol. The SMILES string of the molecule is c1ccc2cc(C3CC4CCC(C3)N4)ccc2c1. The van der Waals surface area contributed by atoms with Crippen molar-refractivity contribution in [1.29, 1.82) is 0 Å². The van der Waals surface area contributed by atoms with Crippen molar-refractivity contribution in [3.05, 3.63) is 48.0 Å². The van der Waals surface area contributed by atoms with Crippen molar-refractivity contribution in [3.63, 3.8) is 0 Å². The number of hydrogen-bond acceptors (Lipinski definition) is 1. The molecule has 0 radical (unpaired) electrons. The van der Waals surface area contributed by atoms with Crippen LogP contribution in [0.25, 0.3) is 10.8 Å². The molecule has 2 unspecified atom stereocenters. The summed E-state index contributed by atoms with van der Waals surface area (Å²) in [5.74, 6) is 0.772. The second-order valence-electron chi connectivity index (χ2n) is 5.91. The molecule has 2 fully saturated rings. The zero-order chi connectivity index (χ0) is 11.9. The van der Waals surface area contributed by atoms with E-state index < -0.39 is 0 Å². The number of rotatable bonds is 1. The highest BCUT2D eigenvalue weighted by molar-refractivity contribution is 5.83. The summed E-state index contributed by atoms with van der Waals surface area (Å²) in [6, 6.07) is 17.3. The highest BCUT2D eigenvalue weighted by Gasteiger charge is 2.33. The fourth-order valence-electron chi connectivity index (χ4n) is 3.79. The topological polar surface area (TPSA) is 12.0 Å². The monoisotopic (exact) mass is 237 g/mol. The largest absolute Gasteiger partial charge is 0.311 e. The van der Waals surface area contributed by atoms with E-state index in [9.17, 15) is 0 Å². The lowest BCUT2D eigenvalue weighted by atomic mass is 9.85. The number of fused-ring (bicyclic) bond motifs is 3. The summed E-state index contributed by atoms with van der Waals surface area (Å²) in [4.78, 5) is 0. The number of nitrogens with one attached hydrogen (secondary N) is 1. The summed E-state index contributed by atoms with van der Waals surface area (Å²) in [7, 11) is 0. The van der Waals surface area contributed by atoms with Crippen LogP contribution in [0.2, 0.25) is 0 Å². The summed E-state index contributed by atoms with van der Waals surface area (Å²) in [5.41, 5.74) is 1.55. The third kappa shape index (κ3) is 1.74. The summed E-state index contributed by atoms with van der Waals surface area (Å²) in [5, 5.41) is 6.48. The standard InChI is InChI=1S/C17H19N/c1-2-4-13-9-14(6-5-12(13)3-1)15-10-16-7-8-17(11-15)18-16/h1-6,9,15-18H,7-8,10-11H2. The van der Waals surface area contributed by atoms with E-state index in [1.54, 1.807) is 5.56 Å². The predicted octanol–water partition coefficient (Wildman–Crippen LogP) is 3.84. The smallest absolute Gasteiger partial charge is 0.00760 e. The molecule has 2 aromatic carbocycles. The van der Waals surface area contributed by atoms with E-state index in [1.807, 2.05) is 0 Å². The molecule has 0 saturated carbocycles. The summed E-state index contributed by atoms with van der Waals surface area (Å²) in [6.07, 6.45) is 5.42.